The fourth-order valence-corrected chi connectivity index (χ4v) is 2.42. The van der Waals surface area contributed by atoms with Crippen LogP contribution in [0.1, 0.15) is 0 Å². The number of urea groups is 1. The van der Waals surface area contributed by atoms with Crippen LogP contribution in [0.5, 0.6) is 0 Å². The van der Waals surface area contributed by atoms with Gasteiger partial charge < -0.3 is 0 Å². The molecule has 0 aliphatic carbocycles. The molecule has 0 unspecified atom stereocenters. The van der Waals surface area contributed by atoms with Crippen molar-refractivity contribution in [3.63, 3.8) is 0 Å². The molecule has 1 aromatic rings. The van der Waals surface area contributed by atoms with Crippen LogP contribution in [0.4, 0.5) is 14.9 Å². The highest BCUT2D eigenvalue weighted by molar-refractivity contribution is 8.01. The quantitative estimate of drug-likeness (QED) is 0.677. The maximum Gasteiger partial charge on any atom is 0.350 e. The Bertz CT molecular complexity index is 453. The number of carbonyl (C=O) groups is 1. The first kappa shape index (κ1) is 14.0. The van der Waals surface area contributed by atoms with Crippen LogP contribution in [0.25, 0.3) is 0 Å². The average Bonchev–Trinajstić information content (AvgIpc) is 2.60. The summed E-state index contributed by atoms with van der Waals surface area (Å²) in [6, 6.07) is 6.21. The molecule has 1 aliphatic rings. The summed E-state index contributed by atoms with van der Waals surface area (Å²) in [4.78, 5) is 13.3. The smallest absolute Gasteiger partial charge is 0.278 e. The highest BCUT2D eigenvalue weighted by Gasteiger charge is 2.37. The number of hydrogen-bond donors (Lipinski definition) is 1. The largest absolute Gasteiger partial charge is 0.350 e. The van der Waals surface area contributed by atoms with E-state index in [0.717, 1.165) is 4.41 Å². The molecule has 9 heteroatoms. The number of benzene rings is 1. The lowest BCUT2D eigenvalue weighted by Crippen LogP contribution is -2.31. The second-order valence-corrected chi connectivity index (χ2v) is 6.56. The van der Waals surface area contributed by atoms with Crippen LogP contribution in [0.15, 0.2) is 24.3 Å². The van der Waals surface area contributed by atoms with Crippen LogP contribution in [0, 0.1) is 0 Å². The van der Waals surface area contributed by atoms with Crippen LogP contribution in [-0.4, -0.2) is 21.0 Å². The van der Waals surface area contributed by atoms with E-state index in [1.165, 1.54) is 4.90 Å². The molecule has 1 aromatic carbocycles. The van der Waals surface area contributed by atoms with Gasteiger partial charge in [0.1, 0.15) is 0 Å². The molecular weight excluding hydrogens is 324 g/mol. The lowest BCUT2D eigenvalue weighted by molar-refractivity contribution is 0.235. The molecule has 1 saturated heterocycles. The minimum atomic E-state index is -2.57. The Kier molecular flexibility index (Phi) is 4.13. The van der Waals surface area contributed by atoms with Crippen molar-refractivity contribution >= 4 is 58.5 Å². The van der Waals surface area contributed by atoms with Gasteiger partial charge in [0, 0.05) is 22.7 Å². The number of alkyl halides is 3. The van der Waals surface area contributed by atoms with Gasteiger partial charge in [-0.05, 0) is 24.3 Å². The minimum Gasteiger partial charge on any atom is -0.278 e. The first-order valence-corrected chi connectivity index (χ1v) is 6.64. The first-order valence-electron chi connectivity index (χ1n) is 4.73. The third-order valence-electron chi connectivity index (χ3n) is 2.11. The van der Waals surface area contributed by atoms with E-state index >= 15 is 0 Å². The monoisotopic (exact) mass is 329 g/mol. The molecule has 98 valence electrons. The molecule has 0 aromatic heterocycles. The van der Waals surface area contributed by atoms with E-state index < -0.39 is 9.95 Å². The Morgan fingerprint density at radius 2 is 1.94 bits per heavy atom. The van der Waals surface area contributed by atoms with Gasteiger partial charge in [0.15, 0.2) is 0 Å². The van der Waals surface area contributed by atoms with Crippen molar-refractivity contribution in [3.8, 4) is 0 Å². The van der Waals surface area contributed by atoms with E-state index in [2.05, 4.69) is 5.43 Å². The first-order chi connectivity index (χ1) is 8.37. The third kappa shape index (κ3) is 3.33. The number of hydrazine groups is 1. The third-order valence-corrected chi connectivity index (χ3v) is 3.45. The van der Waals surface area contributed by atoms with E-state index in [9.17, 15) is 9.18 Å². The number of nitrogens with one attached hydrogen (secondary N) is 1. The Morgan fingerprint density at radius 3 is 2.50 bits per heavy atom. The molecule has 0 radical (unpaired) electrons. The summed E-state index contributed by atoms with van der Waals surface area (Å²) in [5, 5.41) is 0.564. The molecule has 2 amide bonds. The van der Waals surface area contributed by atoms with Gasteiger partial charge in [-0.1, -0.05) is 34.8 Å². The maximum absolute atomic E-state index is 13.0. The van der Waals surface area contributed by atoms with Crippen LogP contribution >= 0.6 is 46.8 Å². The number of nitrogens with zero attached hydrogens (tertiary/aromatic N) is 2. The van der Waals surface area contributed by atoms with Crippen LogP contribution in [0.2, 0.25) is 5.02 Å². The van der Waals surface area contributed by atoms with Gasteiger partial charge in [0.25, 0.3) is 0 Å². The Morgan fingerprint density at radius 1 is 1.33 bits per heavy atom. The van der Waals surface area contributed by atoms with Gasteiger partial charge >= 0.3 is 9.95 Å². The number of amides is 2. The highest BCUT2D eigenvalue weighted by Crippen LogP contribution is 2.39. The van der Waals surface area contributed by atoms with Crippen molar-refractivity contribution in [1.29, 1.82) is 0 Å². The zero-order valence-corrected chi connectivity index (χ0v) is 11.8. The standard InChI is InChI=1S/C9H7Cl3FN3OS/c10-6-1-3-7(4-2-6)15-5-14-16(8(15)17)18-9(11,12)13/h1-4,14H,5H2. The fourth-order valence-electron chi connectivity index (χ4n) is 1.38. The molecule has 0 bridgehead atoms. The van der Waals surface area contributed by atoms with Gasteiger partial charge in [-0.3, -0.25) is 4.90 Å². The summed E-state index contributed by atoms with van der Waals surface area (Å²) in [6.45, 7) is 0.192. The van der Waals surface area contributed by atoms with Gasteiger partial charge in [0.2, 0.25) is 0 Å². The number of hydrogen-bond acceptors (Lipinski definition) is 3. The summed E-state index contributed by atoms with van der Waals surface area (Å²) in [5.74, 6) is 0. The minimum absolute atomic E-state index is 0.192. The number of anilines is 1. The van der Waals surface area contributed by atoms with E-state index in [1.54, 1.807) is 24.3 Å². The van der Waals surface area contributed by atoms with Crippen LogP contribution in [0.3, 0.4) is 0 Å². The van der Waals surface area contributed by atoms with Crippen LogP contribution in [-0.2, 0) is 0 Å². The molecule has 1 aliphatic heterocycles. The lowest BCUT2D eigenvalue weighted by atomic mass is 10.3. The molecule has 0 spiro atoms. The molecule has 1 heterocycles. The molecule has 0 saturated carbocycles. The van der Waals surface area contributed by atoms with E-state index in [1.807, 2.05) is 0 Å². The lowest BCUT2D eigenvalue weighted by Gasteiger charge is -2.18. The van der Waals surface area contributed by atoms with Crippen molar-refractivity contribution in [3.05, 3.63) is 29.3 Å². The molecule has 4 nitrogen and oxygen atoms in total. The fraction of sp³-hybridized carbons (Fsp3) is 0.222. The van der Waals surface area contributed by atoms with Gasteiger partial charge in [-0.15, -0.1) is 0 Å². The Hall–Kier alpha value is -0.400. The molecule has 1 N–H and O–H groups in total. The van der Waals surface area contributed by atoms with Crippen molar-refractivity contribution in [2.24, 2.45) is 0 Å². The molecular formula is C9H7Cl3FN3OS. The number of rotatable bonds is 3. The van der Waals surface area contributed by atoms with Gasteiger partial charge in [-0.25, -0.2) is 4.79 Å². The topological polar surface area (TPSA) is 35.6 Å². The second kappa shape index (κ2) is 5.30. The van der Waals surface area contributed by atoms with E-state index in [4.69, 9.17) is 34.8 Å². The van der Waals surface area contributed by atoms with Crippen molar-refractivity contribution in [2.75, 3.05) is 11.6 Å². The highest BCUT2D eigenvalue weighted by atomic mass is 35.5. The van der Waals surface area contributed by atoms with E-state index in [0.29, 0.717) is 22.7 Å². The maximum atomic E-state index is 13.0. The van der Waals surface area contributed by atoms with Crippen LogP contribution < -0.4 is 10.3 Å². The number of carbonyl (C=O) groups excluding carboxylic acids is 1. The molecule has 18 heavy (non-hydrogen) atoms. The predicted molar refractivity (Wildman–Crippen MR) is 72.3 cm³/mol. The summed E-state index contributed by atoms with van der Waals surface area (Å²) in [5.41, 5.74) is 3.29. The average molecular weight is 331 g/mol. The second-order valence-electron chi connectivity index (χ2n) is 3.33. The summed E-state index contributed by atoms with van der Waals surface area (Å²) >= 11 is 16.5. The van der Waals surface area contributed by atoms with Crippen molar-refractivity contribution in [2.45, 2.75) is 3.92 Å². The van der Waals surface area contributed by atoms with Gasteiger partial charge in [0.05, 0.1) is 6.67 Å². The summed E-state index contributed by atoms with van der Waals surface area (Å²) < 4.78 is 11.4. The van der Waals surface area contributed by atoms with Crippen molar-refractivity contribution < 1.29 is 9.18 Å². The Labute approximate surface area is 122 Å². The van der Waals surface area contributed by atoms with Gasteiger partial charge in [-0.2, -0.15) is 14.2 Å². The Balaban J connectivity index is 2.10. The zero-order chi connectivity index (χ0) is 13.3. The molecule has 2 rings (SSSR count). The molecule has 1 fully saturated rings. The normalized spacial score (nSPS) is 16.6. The predicted octanol–water partition coefficient (Wildman–Crippen LogP) is 3.75. The zero-order valence-electron chi connectivity index (χ0n) is 8.74. The van der Waals surface area contributed by atoms with Crippen molar-refractivity contribution in [1.82, 2.24) is 9.84 Å². The number of halogens is 4. The SMILES string of the molecule is O=C1N(SC(F)(Cl)Cl)NCN1c1ccc(Cl)cc1. The summed E-state index contributed by atoms with van der Waals surface area (Å²) in [7, 11) is 0. The van der Waals surface area contributed by atoms with E-state index in [-0.39, 0.29) is 6.67 Å². The summed E-state index contributed by atoms with van der Waals surface area (Å²) in [6.07, 6.45) is 0. The molecule has 0 atom stereocenters.